The van der Waals surface area contributed by atoms with Crippen molar-refractivity contribution in [3.05, 3.63) is 53.1 Å². The molecule has 0 aromatic heterocycles. The Bertz CT molecular complexity index is 556. The Balaban J connectivity index is 2.44. The van der Waals surface area contributed by atoms with Crippen LogP contribution in [0.3, 0.4) is 0 Å². The second-order valence-corrected chi connectivity index (χ2v) is 4.86. The van der Waals surface area contributed by atoms with Crippen molar-refractivity contribution in [3.8, 4) is 11.1 Å². The minimum atomic E-state index is 0.956. The summed E-state index contributed by atoms with van der Waals surface area (Å²) < 4.78 is 0. The standard InChI is InChI=1S/C17H21N/c1-5-18-17-11-16(9-7-13(17)3)15-8-6-12(2)14(4)10-15/h6-11,18H,5H2,1-4H3. The number of rotatable bonds is 3. The quantitative estimate of drug-likeness (QED) is 0.818. The molecular formula is C17H21N. The molecule has 0 aliphatic rings. The number of hydrogen-bond acceptors (Lipinski definition) is 1. The van der Waals surface area contributed by atoms with Crippen LogP contribution in [0.15, 0.2) is 36.4 Å². The average Bonchev–Trinajstić information content (AvgIpc) is 2.36. The fourth-order valence-electron chi connectivity index (χ4n) is 2.10. The smallest absolute Gasteiger partial charge is 0.0376 e. The molecule has 0 saturated heterocycles. The van der Waals surface area contributed by atoms with E-state index >= 15 is 0 Å². The first kappa shape index (κ1) is 12.7. The molecule has 0 saturated carbocycles. The lowest BCUT2D eigenvalue weighted by molar-refractivity contribution is 1.20. The molecule has 0 bridgehead atoms. The lowest BCUT2D eigenvalue weighted by Crippen LogP contribution is -1.98. The van der Waals surface area contributed by atoms with Gasteiger partial charge in [0.05, 0.1) is 0 Å². The predicted molar refractivity (Wildman–Crippen MR) is 80.3 cm³/mol. The highest BCUT2D eigenvalue weighted by Crippen LogP contribution is 2.26. The van der Waals surface area contributed by atoms with Gasteiger partial charge in [-0.1, -0.05) is 30.3 Å². The fraction of sp³-hybridized carbons (Fsp3) is 0.294. The molecule has 0 aliphatic heterocycles. The topological polar surface area (TPSA) is 12.0 Å². The summed E-state index contributed by atoms with van der Waals surface area (Å²) in [7, 11) is 0. The van der Waals surface area contributed by atoms with E-state index in [4.69, 9.17) is 0 Å². The summed E-state index contributed by atoms with van der Waals surface area (Å²) in [6.07, 6.45) is 0. The van der Waals surface area contributed by atoms with Crippen molar-refractivity contribution in [2.45, 2.75) is 27.7 Å². The number of nitrogens with one attached hydrogen (secondary N) is 1. The minimum Gasteiger partial charge on any atom is -0.385 e. The van der Waals surface area contributed by atoms with Gasteiger partial charge in [0.15, 0.2) is 0 Å². The Morgan fingerprint density at radius 1 is 0.778 bits per heavy atom. The van der Waals surface area contributed by atoms with E-state index in [1.165, 1.54) is 33.5 Å². The molecule has 94 valence electrons. The lowest BCUT2D eigenvalue weighted by Gasteiger charge is -2.11. The van der Waals surface area contributed by atoms with E-state index in [1.807, 2.05) is 0 Å². The number of aryl methyl sites for hydroxylation is 3. The van der Waals surface area contributed by atoms with Gasteiger partial charge in [0.2, 0.25) is 0 Å². The molecule has 0 heterocycles. The maximum Gasteiger partial charge on any atom is 0.0376 e. The van der Waals surface area contributed by atoms with Crippen LogP contribution in [-0.2, 0) is 0 Å². The highest BCUT2D eigenvalue weighted by atomic mass is 14.9. The summed E-state index contributed by atoms with van der Waals surface area (Å²) in [5.41, 5.74) is 7.78. The number of benzene rings is 2. The van der Waals surface area contributed by atoms with Crippen LogP contribution in [0.4, 0.5) is 5.69 Å². The third-order valence-electron chi connectivity index (χ3n) is 3.45. The van der Waals surface area contributed by atoms with E-state index in [2.05, 4.69) is 69.4 Å². The lowest BCUT2D eigenvalue weighted by atomic mass is 9.99. The first-order valence-corrected chi connectivity index (χ1v) is 6.54. The maximum atomic E-state index is 3.41. The predicted octanol–water partition coefficient (Wildman–Crippen LogP) is 4.71. The molecule has 0 unspecified atom stereocenters. The monoisotopic (exact) mass is 239 g/mol. The summed E-state index contributed by atoms with van der Waals surface area (Å²) in [5, 5.41) is 3.41. The molecule has 2 aromatic carbocycles. The van der Waals surface area contributed by atoms with Gasteiger partial charge in [0.25, 0.3) is 0 Å². The average molecular weight is 239 g/mol. The molecule has 0 fully saturated rings. The highest BCUT2D eigenvalue weighted by Gasteiger charge is 2.03. The molecule has 2 aromatic rings. The molecule has 18 heavy (non-hydrogen) atoms. The van der Waals surface area contributed by atoms with Gasteiger partial charge in [0.1, 0.15) is 0 Å². The largest absolute Gasteiger partial charge is 0.385 e. The van der Waals surface area contributed by atoms with Crippen molar-refractivity contribution in [1.82, 2.24) is 0 Å². The van der Waals surface area contributed by atoms with Crippen molar-refractivity contribution in [1.29, 1.82) is 0 Å². The van der Waals surface area contributed by atoms with Crippen LogP contribution in [-0.4, -0.2) is 6.54 Å². The van der Waals surface area contributed by atoms with E-state index in [1.54, 1.807) is 0 Å². The van der Waals surface area contributed by atoms with Crippen molar-refractivity contribution >= 4 is 5.69 Å². The van der Waals surface area contributed by atoms with Gasteiger partial charge in [-0.25, -0.2) is 0 Å². The van der Waals surface area contributed by atoms with Gasteiger partial charge in [-0.2, -0.15) is 0 Å². The zero-order chi connectivity index (χ0) is 13.1. The zero-order valence-corrected chi connectivity index (χ0v) is 11.7. The van der Waals surface area contributed by atoms with E-state index in [9.17, 15) is 0 Å². The van der Waals surface area contributed by atoms with Crippen LogP contribution in [0.5, 0.6) is 0 Å². The minimum absolute atomic E-state index is 0.956. The maximum absolute atomic E-state index is 3.41. The molecule has 0 radical (unpaired) electrons. The van der Waals surface area contributed by atoms with Gasteiger partial charge in [-0.3, -0.25) is 0 Å². The van der Waals surface area contributed by atoms with E-state index in [0.29, 0.717) is 0 Å². The van der Waals surface area contributed by atoms with Crippen LogP contribution in [0.1, 0.15) is 23.6 Å². The van der Waals surface area contributed by atoms with E-state index in [-0.39, 0.29) is 0 Å². The molecule has 1 N–H and O–H groups in total. The van der Waals surface area contributed by atoms with Gasteiger partial charge in [-0.05, 0) is 61.6 Å². The summed E-state index contributed by atoms with van der Waals surface area (Å²) in [6.45, 7) is 9.54. The van der Waals surface area contributed by atoms with E-state index < -0.39 is 0 Å². The van der Waals surface area contributed by atoms with Crippen LogP contribution in [0.25, 0.3) is 11.1 Å². The second-order valence-electron chi connectivity index (χ2n) is 4.86. The van der Waals surface area contributed by atoms with Crippen molar-refractivity contribution in [3.63, 3.8) is 0 Å². The van der Waals surface area contributed by atoms with Crippen LogP contribution < -0.4 is 5.32 Å². The summed E-state index contributed by atoms with van der Waals surface area (Å²) in [5.74, 6) is 0. The van der Waals surface area contributed by atoms with E-state index in [0.717, 1.165) is 6.54 Å². The Morgan fingerprint density at radius 3 is 2.00 bits per heavy atom. The third-order valence-corrected chi connectivity index (χ3v) is 3.45. The Morgan fingerprint density at radius 2 is 1.39 bits per heavy atom. The number of anilines is 1. The molecule has 1 heteroatoms. The summed E-state index contributed by atoms with van der Waals surface area (Å²) in [4.78, 5) is 0. The molecule has 2 rings (SSSR count). The van der Waals surface area contributed by atoms with Crippen LogP contribution in [0, 0.1) is 20.8 Å². The zero-order valence-electron chi connectivity index (χ0n) is 11.7. The molecular weight excluding hydrogens is 218 g/mol. The molecule has 0 atom stereocenters. The highest BCUT2D eigenvalue weighted by molar-refractivity contribution is 5.70. The second kappa shape index (κ2) is 5.26. The van der Waals surface area contributed by atoms with Crippen molar-refractivity contribution in [2.24, 2.45) is 0 Å². The first-order chi connectivity index (χ1) is 8.61. The molecule has 0 amide bonds. The number of hydrogen-bond donors (Lipinski definition) is 1. The molecule has 1 nitrogen and oxygen atoms in total. The third kappa shape index (κ3) is 2.56. The SMILES string of the molecule is CCNc1cc(-c2ccc(C)c(C)c2)ccc1C. The molecule has 0 aliphatic carbocycles. The van der Waals surface area contributed by atoms with Gasteiger partial charge < -0.3 is 5.32 Å². The fourth-order valence-corrected chi connectivity index (χ4v) is 2.10. The first-order valence-electron chi connectivity index (χ1n) is 6.54. The van der Waals surface area contributed by atoms with Crippen molar-refractivity contribution < 1.29 is 0 Å². The van der Waals surface area contributed by atoms with Gasteiger partial charge in [0, 0.05) is 12.2 Å². The summed E-state index contributed by atoms with van der Waals surface area (Å²) in [6, 6.07) is 13.3. The van der Waals surface area contributed by atoms with Crippen LogP contribution >= 0.6 is 0 Å². The Labute approximate surface area is 110 Å². The van der Waals surface area contributed by atoms with Crippen molar-refractivity contribution in [2.75, 3.05) is 11.9 Å². The van der Waals surface area contributed by atoms with Crippen LogP contribution in [0.2, 0.25) is 0 Å². The Kier molecular flexibility index (Phi) is 3.71. The molecule has 0 spiro atoms. The summed E-state index contributed by atoms with van der Waals surface area (Å²) >= 11 is 0. The Hall–Kier alpha value is -1.76. The van der Waals surface area contributed by atoms with Gasteiger partial charge in [-0.15, -0.1) is 0 Å². The normalized spacial score (nSPS) is 10.4. The van der Waals surface area contributed by atoms with Gasteiger partial charge >= 0.3 is 0 Å².